The molecule has 0 amide bonds. The maximum Gasteiger partial charge on any atom is 0.140 e. The monoisotopic (exact) mass is 211 g/mol. The van der Waals surface area contributed by atoms with Crippen LogP contribution >= 0.6 is 0 Å². The van der Waals surface area contributed by atoms with Crippen LogP contribution in [0.5, 0.6) is 0 Å². The molecule has 0 fully saturated rings. The molecule has 5 heteroatoms. The summed E-state index contributed by atoms with van der Waals surface area (Å²) in [7, 11) is 1.92. The van der Waals surface area contributed by atoms with Gasteiger partial charge < -0.3 is 5.73 Å². The van der Waals surface area contributed by atoms with Crippen molar-refractivity contribution in [2.24, 2.45) is 12.8 Å². The first-order chi connectivity index (χ1) is 7.15. The first-order valence-corrected chi connectivity index (χ1v) is 5.42. The van der Waals surface area contributed by atoms with E-state index in [1.54, 1.807) is 6.33 Å². The number of nitrogens with zero attached hydrogens (tertiary/aromatic N) is 4. The van der Waals surface area contributed by atoms with Crippen LogP contribution in [0.1, 0.15) is 26.1 Å². The van der Waals surface area contributed by atoms with E-state index in [0.717, 1.165) is 31.9 Å². The van der Waals surface area contributed by atoms with Gasteiger partial charge in [0.25, 0.3) is 0 Å². The van der Waals surface area contributed by atoms with Crippen molar-refractivity contribution >= 4 is 0 Å². The Morgan fingerprint density at radius 2 is 2.27 bits per heavy atom. The third-order valence-electron chi connectivity index (χ3n) is 2.53. The lowest BCUT2D eigenvalue weighted by Crippen LogP contribution is -2.33. The second-order valence-electron chi connectivity index (χ2n) is 4.01. The summed E-state index contributed by atoms with van der Waals surface area (Å²) < 4.78 is 1.82. The Bertz CT molecular complexity index is 281. The van der Waals surface area contributed by atoms with Gasteiger partial charge in [0.2, 0.25) is 0 Å². The van der Waals surface area contributed by atoms with Crippen LogP contribution < -0.4 is 5.73 Å². The average molecular weight is 211 g/mol. The molecule has 0 aromatic carbocycles. The van der Waals surface area contributed by atoms with Gasteiger partial charge in [0.15, 0.2) is 0 Å². The van der Waals surface area contributed by atoms with Gasteiger partial charge in [-0.15, -0.1) is 0 Å². The van der Waals surface area contributed by atoms with Crippen molar-refractivity contribution in [1.82, 2.24) is 19.7 Å². The van der Waals surface area contributed by atoms with Gasteiger partial charge in [0.05, 0.1) is 6.54 Å². The lowest BCUT2D eigenvalue weighted by Gasteiger charge is -2.25. The second-order valence-corrected chi connectivity index (χ2v) is 4.01. The van der Waals surface area contributed by atoms with Crippen molar-refractivity contribution in [3.8, 4) is 0 Å². The van der Waals surface area contributed by atoms with E-state index in [2.05, 4.69) is 28.8 Å². The van der Waals surface area contributed by atoms with Crippen LogP contribution in [0.3, 0.4) is 0 Å². The van der Waals surface area contributed by atoms with Gasteiger partial charge in [0.1, 0.15) is 12.2 Å². The van der Waals surface area contributed by atoms with E-state index in [9.17, 15) is 0 Å². The van der Waals surface area contributed by atoms with E-state index < -0.39 is 0 Å². The molecule has 0 aliphatic heterocycles. The Morgan fingerprint density at radius 3 is 2.73 bits per heavy atom. The predicted molar refractivity (Wildman–Crippen MR) is 60.2 cm³/mol. The quantitative estimate of drug-likeness (QED) is 0.738. The molecule has 86 valence electrons. The lowest BCUT2D eigenvalue weighted by molar-refractivity contribution is 0.203. The summed E-state index contributed by atoms with van der Waals surface area (Å²) in [5.41, 5.74) is 5.52. The van der Waals surface area contributed by atoms with E-state index in [4.69, 9.17) is 5.73 Å². The minimum Gasteiger partial charge on any atom is -0.330 e. The van der Waals surface area contributed by atoms with Gasteiger partial charge in [-0.2, -0.15) is 5.10 Å². The zero-order valence-corrected chi connectivity index (χ0v) is 9.85. The van der Waals surface area contributed by atoms with Gasteiger partial charge in [0, 0.05) is 19.6 Å². The summed E-state index contributed by atoms with van der Waals surface area (Å²) in [5.74, 6) is 1.00. The summed E-state index contributed by atoms with van der Waals surface area (Å²) >= 11 is 0. The van der Waals surface area contributed by atoms with E-state index in [1.165, 1.54) is 0 Å². The molecule has 15 heavy (non-hydrogen) atoms. The number of hydrogen-bond donors (Lipinski definition) is 1. The van der Waals surface area contributed by atoms with Gasteiger partial charge in [-0.25, -0.2) is 4.98 Å². The Morgan fingerprint density at radius 1 is 1.53 bits per heavy atom. The van der Waals surface area contributed by atoms with E-state index in [1.807, 2.05) is 11.7 Å². The average Bonchev–Trinajstić information content (AvgIpc) is 2.58. The molecule has 0 radical (unpaired) electrons. The molecule has 1 rings (SSSR count). The van der Waals surface area contributed by atoms with Crippen molar-refractivity contribution < 1.29 is 0 Å². The fraction of sp³-hybridized carbons (Fsp3) is 0.800. The number of nitrogens with two attached hydrogens (primary N) is 1. The predicted octanol–water partition coefficient (Wildman–Crippen LogP) is 0.374. The summed E-state index contributed by atoms with van der Waals surface area (Å²) in [5, 5.41) is 4.06. The highest BCUT2D eigenvalue weighted by Crippen LogP contribution is 2.05. The van der Waals surface area contributed by atoms with Crippen molar-refractivity contribution in [2.75, 3.05) is 13.1 Å². The number of aryl methyl sites for hydroxylation is 1. The highest BCUT2D eigenvalue weighted by atomic mass is 15.3. The largest absolute Gasteiger partial charge is 0.330 e. The van der Waals surface area contributed by atoms with Crippen LogP contribution in [0, 0.1) is 0 Å². The molecule has 2 N–H and O–H groups in total. The van der Waals surface area contributed by atoms with Gasteiger partial charge in [-0.3, -0.25) is 9.58 Å². The van der Waals surface area contributed by atoms with Crippen LogP contribution in [0.2, 0.25) is 0 Å². The Balaban J connectivity index is 2.54. The maximum absolute atomic E-state index is 5.52. The van der Waals surface area contributed by atoms with Crippen molar-refractivity contribution in [3.63, 3.8) is 0 Å². The Hall–Kier alpha value is -0.940. The molecular formula is C10H21N5. The molecule has 0 unspecified atom stereocenters. The molecule has 0 saturated carbocycles. The van der Waals surface area contributed by atoms with Crippen LogP contribution in [-0.4, -0.2) is 38.8 Å². The molecule has 0 atom stereocenters. The number of hydrogen-bond acceptors (Lipinski definition) is 4. The summed E-state index contributed by atoms with van der Waals surface area (Å²) in [6.07, 6.45) is 2.62. The lowest BCUT2D eigenvalue weighted by atomic mass is 10.3. The molecule has 0 aliphatic carbocycles. The summed E-state index contributed by atoms with van der Waals surface area (Å²) in [6, 6.07) is 0.508. The third-order valence-corrected chi connectivity index (χ3v) is 2.53. The highest BCUT2D eigenvalue weighted by molar-refractivity contribution is 4.84. The van der Waals surface area contributed by atoms with Crippen molar-refractivity contribution in [3.05, 3.63) is 12.2 Å². The van der Waals surface area contributed by atoms with E-state index in [0.29, 0.717) is 6.04 Å². The standard InChI is InChI=1S/C10H21N5/c1-9(2)15(6-4-5-11)7-10-12-8-13-14(10)3/h8-9H,4-7,11H2,1-3H3. The Kier molecular flexibility index (Phi) is 4.71. The fourth-order valence-corrected chi connectivity index (χ4v) is 1.46. The molecule has 5 nitrogen and oxygen atoms in total. The van der Waals surface area contributed by atoms with Gasteiger partial charge in [-0.05, 0) is 26.8 Å². The number of rotatable bonds is 6. The highest BCUT2D eigenvalue weighted by Gasteiger charge is 2.12. The van der Waals surface area contributed by atoms with Gasteiger partial charge in [-0.1, -0.05) is 0 Å². The molecule has 0 aliphatic rings. The SMILES string of the molecule is CC(C)N(CCCN)Cc1ncnn1C. The summed E-state index contributed by atoms with van der Waals surface area (Å²) in [4.78, 5) is 6.58. The second kappa shape index (κ2) is 5.82. The normalized spacial score (nSPS) is 11.6. The topological polar surface area (TPSA) is 60.0 Å². The van der Waals surface area contributed by atoms with E-state index in [-0.39, 0.29) is 0 Å². The van der Waals surface area contributed by atoms with E-state index >= 15 is 0 Å². The molecule has 1 heterocycles. The zero-order valence-electron chi connectivity index (χ0n) is 9.85. The van der Waals surface area contributed by atoms with Gasteiger partial charge >= 0.3 is 0 Å². The Labute approximate surface area is 91.3 Å². The third kappa shape index (κ3) is 3.60. The first-order valence-electron chi connectivity index (χ1n) is 5.42. The first kappa shape index (κ1) is 12.1. The van der Waals surface area contributed by atoms with Crippen LogP contribution in [0.25, 0.3) is 0 Å². The fourth-order valence-electron chi connectivity index (χ4n) is 1.46. The molecular weight excluding hydrogens is 190 g/mol. The zero-order chi connectivity index (χ0) is 11.3. The molecule has 1 aromatic heterocycles. The van der Waals surface area contributed by atoms with Crippen molar-refractivity contribution in [1.29, 1.82) is 0 Å². The summed E-state index contributed by atoms with van der Waals surface area (Å²) in [6.45, 7) is 6.97. The maximum atomic E-state index is 5.52. The minimum absolute atomic E-state index is 0.508. The van der Waals surface area contributed by atoms with Crippen molar-refractivity contribution in [2.45, 2.75) is 32.9 Å². The number of aromatic nitrogens is 3. The smallest absolute Gasteiger partial charge is 0.140 e. The van der Waals surface area contributed by atoms with Crippen LogP contribution in [0.4, 0.5) is 0 Å². The van der Waals surface area contributed by atoms with Crippen LogP contribution in [0.15, 0.2) is 6.33 Å². The minimum atomic E-state index is 0.508. The molecule has 0 saturated heterocycles. The molecule has 0 spiro atoms. The molecule has 0 bridgehead atoms. The van der Waals surface area contributed by atoms with Crippen LogP contribution in [-0.2, 0) is 13.6 Å². The molecule has 1 aromatic rings.